The van der Waals surface area contributed by atoms with Gasteiger partial charge in [-0.2, -0.15) is 17.4 Å². The molecule has 1 saturated heterocycles. The molecule has 2 rings (SSSR count). The van der Waals surface area contributed by atoms with Crippen LogP contribution in [0.5, 0.6) is 0 Å². The van der Waals surface area contributed by atoms with Crippen molar-refractivity contribution in [1.29, 1.82) is 0 Å². The summed E-state index contributed by atoms with van der Waals surface area (Å²) in [5.41, 5.74) is -0.421. The maximum Gasteiger partial charge on any atom is 0.328 e. The number of halogens is 2. The first kappa shape index (κ1) is 18.8. The van der Waals surface area contributed by atoms with Gasteiger partial charge in [0.05, 0.1) is 7.11 Å². The molecule has 2 unspecified atom stereocenters. The molecular weight excluding hydrogens is 342 g/mol. The zero-order valence-electron chi connectivity index (χ0n) is 13.5. The molecule has 1 aromatic rings. The van der Waals surface area contributed by atoms with Crippen LogP contribution in [0.3, 0.4) is 0 Å². The average molecular weight is 362 g/mol. The molecule has 1 aliphatic heterocycles. The third kappa shape index (κ3) is 4.28. The van der Waals surface area contributed by atoms with Gasteiger partial charge in [0, 0.05) is 18.7 Å². The summed E-state index contributed by atoms with van der Waals surface area (Å²) in [4.78, 5) is 11.9. The van der Waals surface area contributed by atoms with Gasteiger partial charge in [-0.25, -0.2) is 13.6 Å². The van der Waals surface area contributed by atoms with Crippen molar-refractivity contribution in [2.24, 2.45) is 5.92 Å². The minimum Gasteiger partial charge on any atom is -0.468 e. The summed E-state index contributed by atoms with van der Waals surface area (Å²) >= 11 is 0. The summed E-state index contributed by atoms with van der Waals surface area (Å²) in [5.74, 6) is -2.53. The lowest BCUT2D eigenvalue weighted by Crippen LogP contribution is -2.48. The van der Waals surface area contributed by atoms with Crippen molar-refractivity contribution >= 4 is 16.2 Å². The van der Waals surface area contributed by atoms with E-state index in [9.17, 15) is 22.0 Å². The monoisotopic (exact) mass is 362 g/mol. The SMILES string of the molecule is COC(=O)C(NS(=O)(=O)N1CCCC(C)C1)c1cc(F)ccc1F. The van der Waals surface area contributed by atoms with E-state index in [1.54, 1.807) is 0 Å². The van der Waals surface area contributed by atoms with E-state index in [0.29, 0.717) is 19.5 Å². The Labute approximate surface area is 140 Å². The standard InChI is InChI=1S/C15H20F2N2O4S/c1-10-4-3-7-19(9-10)24(21,22)18-14(15(20)23-2)12-8-11(16)5-6-13(12)17/h5-6,8,10,14,18H,3-4,7,9H2,1-2H3. The highest BCUT2D eigenvalue weighted by Crippen LogP contribution is 2.23. The maximum atomic E-state index is 14.0. The first-order chi connectivity index (χ1) is 11.2. The summed E-state index contributed by atoms with van der Waals surface area (Å²) in [5, 5.41) is 0. The molecule has 24 heavy (non-hydrogen) atoms. The quantitative estimate of drug-likeness (QED) is 0.810. The Morgan fingerprint density at radius 2 is 2.12 bits per heavy atom. The van der Waals surface area contributed by atoms with Crippen LogP contribution in [0.2, 0.25) is 0 Å². The highest BCUT2D eigenvalue weighted by atomic mass is 32.2. The number of carbonyl (C=O) groups excluding carboxylic acids is 1. The second kappa shape index (κ2) is 7.54. The number of nitrogens with zero attached hydrogens (tertiary/aromatic N) is 1. The number of esters is 1. The van der Waals surface area contributed by atoms with Gasteiger partial charge < -0.3 is 4.74 Å². The van der Waals surface area contributed by atoms with Gasteiger partial charge in [0.1, 0.15) is 17.7 Å². The van der Waals surface area contributed by atoms with Crippen molar-refractivity contribution in [3.05, 3.63) is 35.4 Å². The molecule has 0 radical (unpaired) electrons. The van der Waals surface area contributed by atoms with E-state index in [2.05, 4.69) is 9.46 Å². The summed E-state index contributed by atoms with van der Waals surface area (Å²) in [7, 11) is -3.01. The molecule has 1 aliphatic rings. The molecule has 1 aromatic carbocycles. The Morgan fingerprint density at radius 3 is 2.75 bits per heavy atom. The highest BCUT2D eigenvalue weighted by molar-refractivity contribution is 7.87. The largest absolute Gasteiger partial charge is 0.468 e. The molecule has 0 aromatic heterocycles. The van der Waals surface area contributed by atoms with Gasteiger partial charge >= 0.3 is 5.97 Å². The topological polar surface area (TPSA) is 75.7 Å². The zero-order valence-corrected chi connectivity index (χ0v) is 14.3. The molecule has 2 atom stereocenters. The van der Waals surface area contributed by atoms with Gasteiger partial charge in [-0.3, -0.25) is 0 Å². The van der Waals surface area contributed by atoms with E-state index in [1.165, 1.54) is 4.31 Å². The van der Waals surface area contributed by atoms with Crippen molar-refractivity contribution in [3.63, 3.8) is 0 Å². The van der Waals surface area contributed by atoms with E-state index in [-0.39, 0.29) is 5.92 Å². The van der Waals surface area contributed by atoms with Crippen LogP contribution in [-0.4, -0.2) is 38.9 Å². The molecule has 134 valence electrons. The van der Waals surface area contributed by atoms with Crippen LogP contribution in [0.25, 0.3) is 0 Å². The number of hydrogen-bond acceptors (Lipinski definition) is 4. The number of nitrogens with one attached hydrogen (secondary N) is 1. The van der Waals surface area contributed by atoms with Crippen LogP contribution in [0.15, 0.2) is 18.2 Å². The third-order valence-corrected chi connectivity index (χ3v) is 5.48. The zero-order chi connectivity index (χ0) is 17.9. The van der Waals surface area contributed by atoms with Crippen molar-refractivity contribution in [3.8, 4) is 0 Å². The smallest absolute Gasteiger partial charge is 0.328 e. The summed E-state index contributed by atoms with van der Waals surface area (Å²) in [6, 6.07) is 0.831. The molecule has 0 spiro atoms. The van der Waals surface area contributed by atoms with Gasteiger partial charge in [-0.15, -0.1) is 0 Å². The number of hydrogen-bond donors (Lipinski definition) is 1. The van der Waals surface area contributed by atoms with Gasteiger partial charge in [0.15, 0.2) is 0 Å². The number of piperidine rings is 1. The second-order valence-corrected chi connectivity index (χ2v) is 7.55. The fourth-order valence-corrected chi connectivity index (χ4v) is 4.17. The first-order valence-electron chi connectivity index (χ1n) is 7.54. The Bertz CT molecular complexity index is 711. The predicted molar refractivity (Wildman–Crippen MR) is 83.1 cm³/mol. The van der Waals surface area contributed by atoms with Crippen LogP contribution >= 0.6 is 0 Å². The maximum absolute atomic E-state index is 14.0. The van der Waals surface area contributed by atoms with Gasteiger partial charge in [0.25, 0.3) is 10.2 Å². The summed E-state index contributed by atoms with van der Waals surface area (Å²) in [6.45, 7) is 2.53. The number of methoxy groups -OCH3 is 1. The lowest BCUT2D eigenvalue weighted by molar-refractivity contribution is -0.142. The van der Waals surface area contributed by atoms with E-state index >= 15 is 0 Å². The molecule has 0 bridgehead atoms. The lowest BCUT2D eigenvalue weighted by Gasteiger charge is -2.31. The van der Waals surface area contributed by atoms with E-state index in [0.717, 1.165) is 31.7 Å². The van der Waals surface area contributed by atoms with Crippen LogP contribution in [-0.2, 0) is 19.7 Å². The number of rotatable bonds is 5. The predicted octanol–water partition coefficient (Wildman–Crippen LogP) is 1.75. The van der Waals surface area contributed by atoms with Crippen molar-refractivity contribution in [1.82, 2.24) is 9.03 Å². The van der Waals surface area contributed by atoms with Crippen molar-refractivity contribution in [2.75, 3.05) is 20.2 Å². The third-order valence-electron chi connectivity index (χ3n) is 3.93. The van der Waals surface area contributed by atoms with E-state index in [1.807, 2.05) is 6.92 Å². The van der Waals surface area contributed by atoms with Crippen molar-refractivity contribution in [2.45, 2.75) is 25.8 Å². The van der Waals surface area contributed by atoms with Gasteiger partial charge in [0.2, 0.25) is 0 Å². The van der Waals surface area contributed by atoms with Crippen LogP contribution in [0.1, 0.15) is 31.4 Å². The molecule has 1 N–H and O–H groups in total. The van der Waals surface area contributed by atoms with Crippen LogP contribution in [0.4, 0.5) is 8.78 Å². The molecule has 0 aliphatic carbocycles. The average Bonchev–Trinajstić information content (AvgIpc) is 2.54. The summed E-state index contributed by atoms with van der Waals surface area (Å²) < 4.78 is 60.3. The first-order valence-corrected chi connectivity index (χ1v) is 8.98. The van der Waals surface area contributed by atoms with Crippen LogP contribution in [0, 0.1) is 17.6 Å². The Kier molecular flexibility index (Phi) is 5.89. The number of benzene rings is 1. The van der Waals surface area contributed by atoms with Crippen molar-refractivity contribution < 1.29 is 26.7 Å². The fraction of sp³-hybridized carbons (Fsp3) is 0.533. The van der Waals surface area contributed by atoms with Gasteiger partial charge in [-0.1, -0.05) is 6.92 Å². The Balaban J connectivity index is 2.32. The molecule has 1 heterocycles. The lowest BCUT2D eigenvalue weighted by atomic mass is 10.0. The fourth-order valence-electron chi connectivity index (χ4n) is 2.68. The minimum absolute atomic E-state index is 0.179. The molecule has 1 fully saturated rings. The Morgan fingerprint density at radius 1 is 1.42 bits per heavy atom. The highest BCUT2D eigenvalue weighted by Gasteiger charge is 2.34. The molecule has 6 nitrogen and oxygen atoms in total. The van der Waals surface area contributed by atoms with E-state index in [4.69, 9.17) is 0 Å². The Hall–Kier alpha value is -1.58. The minimum atomic E-state index is -4.05. The molecule has 9 heteroatoms. The second-order valence-electron chi connectivity index (χ2n) is 5.85. The molecule has 0 saturated carbocycles. The normalized spacial score (nSPS) is 20.6. The summed E-state index contributed by atoms with van der Waals surface area (Å²) in [6.07, 6.45) is 1.60. The van der Waals surface area contributed by atoms with Crippen LogP contribution < -0.4 is 4.72 Å². The molecular formula is C15H20F2N2O4S. The van der Waals surface area contributed by atoms with E-state index < -0.39 is 39.4 Å². The number of carbonyl (C=O) groups is 1. The molecule has 0 amide bonds. The number of ether oxygens (including phenoxy) is 1. The van der Waals surface area contributed by atoms with Gasteiger partial charge in [-0.05, 0) is 37.0 Å².